The summed E-state index contributed by atoms with van der Waals surface area (Å²) in [6.45, 7) is 1.93. The number of hydrogen-bond acceptors (Lipinski definition) is 2. The highest BCUT2D eigenvalue weighted by molar-refractivity contribution is 6.63. The molecule has 2 nitrogen and oxygen atoms in total. The molecular formula is C18H16Cl2O2. The Bertz CT molecular complexity index is 691. The minimum Gasteiger partial charge on any atom is -0.289 e. The molecule has 0 aliphatic carbocycles. The highest BCUT2D eigenvalue weighted by Gasteiger charge is 2.13. The zero-order chi connectivity index (χ0) is 16.1. The zero-order valence-corrected chi connectivity index (χ0v) is 13.7. The molecule has 0 bridgehead atoms. The first-order chi connectivity index (χ1) is 10.5. The van der Waals surface area contributed by atoms with Crippen molar-refractivity contribution in [1.82, 2.24) is 0 Å². The van der Waals surface area contributed by atoms with Crippen LogP contribution in [0.4, 0.5) is 0 Å². The van der Waals surface area contributed by atoms with E-state index >= 15 is 0 Å². The number of aryl methyl sites for hydroxylation is 1. The van der Waals surface area contributed by atoms with Crippen molar-refractivity contribution in [3.8, 4) is 0 Å². The van der Waals surface area contributed by atoms with Gasteiger partial charge in [-0.3, -0.25) is 9.59 Å². The summed E-state index contributed by atoms with van der Waals surface area (Å²) in [5.74, 6) is -0.0237. The Labute approximate surface area is 140 Å². The molecular weight excluding hydrogens is 319 g/mol. The summed E-state index contributed by atoms with van der Waals surface area (Å²) in [6.07, 6.45) is 1.75. The van der Waals surface area contributed by atoms with E-state index in [4.69, 9.17) is 23.2 Å². The number of carbonyl (C=O) groups excluding carboxylic acids is 2. The summed E-state index contributed by atoms with van der Waals surface area (Å²) < 4.78 is 0. The Balaban J connectivity index is 2.22. The molecule has 0 atom stereocenters. The van der Waals surface area contributed by atoms with E-state index < -0.39 is 0 Å². The van der Waals surface area contributed by atoms with Crippen LogP contribution in [-0.2, 0) is 11.2 Å². The zero-order valence-electron chi connectivity index (χ0n) is 12.2. The van der Waals surface area contributed by atoms with Gasteiger partial charge in [0.15, 0.2) is 5.78 Å². The van der Waals surface area contributed by atoms with Crippen LogP contribution in [0.15, 0.2) is 42.5 Å². The standard InChI is InChI=1S/C18H16Cl2O2/c1-12-13(5-3-7-17(20)21)4-2-6-16(12)18(22)14-8-10-15(19)11-9-14/h2,4,6,8-11H,3,5,7H2,1H3. The second kappa shape index (κ2) is 7.57. The average Bonchev–Trinajstić information content (AvgIpc) is 2.49. The number of rotatable bonds is 6. The third kappa shape index (κ3) is 4.19. The van der Waals surface area contributed by atoms with Gasteiger partial charge in [-0.1, -0.05) is 29.8 Å². The topological polar surface area (TPSA) is 34.1 Å². The van der Waals surface area contributed by atoms with E-state index in [1.165, 1.54) is 0 Å². The largest absolute Gasteiger partial charge is 0.289 e. The maximum Gasteiger partial charge on any atom is 0.221 e. The molecule has 2 rings (SSSR count). The van der Waals surface area contributed by atoms with Crippen molar-refractivity contribution < 1.29 is 9.59 Å². The van der Waals surface area contributed by atoms with Crippen LogP contribution in [0.5, 0.6) is 0 Å². The maximum absolute atomic E-state index is 12.6. The van der Waals surface area contributed by atoms with Gasteiger partial charge in [0, 0.05) is 22.6 Å². The lowest BCUT2D eigenvalue weighted by molar-refractivity contribution is -0.111. The first kappa shape index (κ1) is 16.7. The summed E-state index contributed by atoms with van der Waals surface area (Å²) in [6, 6.07) is 12.5. The molecule has 0 N–H and O–H groups in total. The normalized spacial score (nSPS) is 10.5. The highest BCUT2D eigenvalue weighted by Crippen LogP contribution is 2.20. The van der Waals surface area contributed by atoms with Crippen molar-refractivity contribution in [2.75, 3.05) is 0 Å². The van der Waals surface area contributed by atoms with Crippen LogP contribution in [0.2, 0.25) is 5.02 Å². The van der Waals surface area contributed by atoms with E-state index in [0.717, 1.165) is 17.5 Å². The summed E-state index contributed by atoms with van der Waals surface area (Å²) in [5.41, 5.74) is 3.31. The fourth-order valence-corrected chi connectivity index (χ4v) is 2.63. The van der Waals surface area contributed by atoms with Gasteiger partial charge in [-0.2, -0.15) is 0 Å². The maximum atomic E-state index is 12.6. The summed E-state index contributed by atoms with van der Waals surface area (Å²) in [7, 11) is 0. The van der Waals surface area contributed by atoms with E-state index in [1.54, 1.807) is 24.3 Å². The lowest BCUT2D eigenvalue weighted by Crippen LogP contribution is -2.06. The Kier molecular flexibility index (Phi) is 5.76. The molecule has 0 aromatic heterocycles. The molecule has 0 aliphatic heterocycles. The van der Waals surface area contributed by atoms with Gasteiger partial charge in [-0.25, -0.2) is 0 Å². The molecule has 22 heavy (non-hydrogen) atoms. The Morgan fingerprint density at radius 3 is 2.36 bits per heavy atom. The van der Waals surface area contributed by atoms with E-state index in [1.807, 2.05) is 25.1 Å². The number of halogens is 2. The highest BCUT2D eigenvalue weighted by atomic mass is 35.5. The Morgan fingerprint density at radius 2 is 1.73 bits per heavy atom. The van der Waals surface area contributed by atoms with Crippen molar-refractivity contribution in [2.24, 2.45) is 0 Å². The third-order valence-corrected chi connectivity index (χ3v) is 4.06. The molecule has 0 unspecified atom stereocenters. The van der Waals surface area contributed by atoms with Crippen LogP contribution >= 0.6 is 23.2 Å². The molecule has 2 aromatic carbocycles. The Morgan fingerprint density at radius 1 is 1.05 bits per heavy atom. The molecule has 0 spiro atoms. The van der Waals surface area contributed by atoms with Gasteiger partial charge >= 0.3 is 0 Å². The van der Waals surface area contributed by atoms with E-state index in [-0.39, 0.29) is 11.0 Å². The second-order valence-corrected chi connectivity index (χ2v) is 5.99. The van der Waals surface area contributed by atoms with E-state index in [2.05, 4.69) is 0 Å². The predicted molar refractivity (Wildman–Crippen MR) is 89.9 cm³/mol. The summed E-state index contributed by atoms with van der Waals surface area (Å²) in [4.78, 5) is 23.4. The number of hydrogen-bond donors (Lipinski definition) is 0. The lowest BCUT2D eigenvalue weighted by Gasteiger charge is -2.10. The van der Waals surface area contributed by atoms with Crippen molar-refractivity contribution >= 4 is 34.2 Å². The molecule has 0 heterocycles. The molecule has 0 fully saturated rings. The van der Waals surface area contributed by atoms with Crippen LogP contribution in [0.25, 0.3) is 0 Å². The Hall–Kier alpha value is -1.64. The fraction of sp³-hybridized carbons (Fsp3) is 0.222. The van der Waals surface area contributed by atoms with Gasteiger partial charge in [0.1, 0.15) is 0 Å². The fourth-order valence-electron chi connectivity index (χ4n) is 2.37. The molecule has 2 aromatic rings. The van der Waals surface area contributed by atoms with Gasteiger partial charge in [-0.05, 0) is 66.8 Å². The number of ketones is 1. The van der Waals surface area contributed by atoms with Crippen molar-refractivity contribution in [3.63, 3.8) is 0 Å². The molecule has 0 saturated carbocycles. The third-order valence-electron chi connectivity index (χ3n) is 3.62. The van der Waals surface area contributed by atoms with Crippen LogP contribution in [-0.4, -0.2) is 11.0 Å². The van der Waals surface area contributed by atoms with Crippen LogP contribution < -0.4 is 0 Å². The van der Waals surface area contributed by atoms with Gasteiger partial charge in [0.25, 0.3) is 0 Å². The molecule has 0 saturated heterocycles. The SMILES string of the molecule is Cc1c(CCCC(=O)Cl)cccc1C(=O)c1ccc(Cl)cc1. The van der Waals surface area contributed by atoms with Crippen molar-refractivity contribution in [2.45, 2.75) is 26.2 Å². The summed E-state index contributed by atoms with van der Waals surface area (Å²) >= 11 is 11.2. The van der Waals surface area contributed by atoms with E-state index in [0.29, 0.717) is 29.0 Å². The minimum atomic E-state index is -0.328. The molecule has 4 heteroatoms. The smallest absolute Gasteiger partial charge is 0.221 e. The summed E-state index contributed by atoms with van der Waals surface area (Å²) in [5, 5.41) is 0.277. The van der Waals surface area contributed by atoms with Crippen LogP contribution in [0.3, 0.4) is 0 Å². The van der Waals surface area contributed by atoms with Gasteiger partial charge < -0.3 is 0 Å². The molecule has 114 valence electrons. The van der Waals surface area contributed by atoms with Crippen molar-refractivity contribution in [3.05, 3.63) is 69.7 Å². The van der Waals surface area contributed by atoms with Gasteiger partial charge in [-0.15, -0.1) is 0 Å². The minimum absolute atomic E-state index is 0.0237. The first-order valence-electron chi connectivity index (χ1n) is 7.06. The van der Waals surface area contributed by atoms with Gasteiger partial charge in [0.2, 0.25) is 5.24 Å². The monoisotopic (exact) mass is 334 g/mol. The van der Waals surface area contributed by atoms with Crippen LogP contribution in [0, 0.1) is 6.92 Å². The van der Waals surface area contributed by atoms with Crippen LogP contribution in [0.1, 0.15) is 39.9 Å². The number of benzene rings is 2. The first-order valence-corrected chi connectivity index (χ1v) is 7.81. The van der Waals surface area contributed by atoms with E-state index in [9.17, 15) is 9.59 Å². The molecule has 0 aliphatic rings. The molecule has 0 amide bonds. The lowest BCUT2D eigenvalue weighted by atomic mass is 9.93. The van der Waals surface area contributed by atoms with Crippen molar-refractivity contribution in [1.29, 1.82) is 0 Å². The average molecular weight is 335 g/mol. The molecule has 0 radical (unpaired) electrons. The predicted octanol–water partition coefficient (Wildman–Crippen LogP) is 4.97. The quantitative estimate of drug-likeness (QED) is 0.552. The van der Waals surface area contributed by atoms with Gasteiger partial charge in [0.05, 0.1) is 0 Å². The second-order valence-electron chi connectivity index (χ2n) is 5.13. The number of carbonyl (C=O) groups is 2.